The molecule has 0 saturated heterocycles. The van der Waals surface area contributed by atoms with Crippen molar-refractivity contribution < 1.29 is 31.2 Å². The lowest BCUT2D eigenvalue weighted by molar-refractivity contribution is -0.140. The summed E-state index contributed by atoms with van der Waals surface area (Å²) in [6, 6.07) is 16.3. The fourth-order valence-electron chi connectivity index (χ4n) is 5.21. The zero-order valence-electron chi connectivity index (χ0n) is 23.9. The van der Waals surface area contributed by atoms with E-state index in [1.54, 1.807) is 24.3 Å². The average molecular weight is 671 g/mol. The number of alkyl halides is 3. The van der Waals surface area contributed by atoms with Gasteiger partial charge in [-0.15, -0.1) is 0 Å². The molecule has 1 fully saturated rings. The first-order valence-corrected chi connectivity index (χ1v) is 16.6. The minimum absolute atomic E-state index is 0.0691. The predicted molar refractivity (Wildman–Crippen MR) is 165 cm³/mol. The van der Waals surface area contributed by atoms with Crippen LogP contribution in [0.1, 0.15) is 42.4 Å². The Labute approximate surface area is 265 Å². The van der Waals surface area contributed by atoms with Crippen molar-refractivity contribution in [2.75, 3.05) is 17.1 Å². The smallest absolute Gasteiger partial charge is 0.352 e. The zero-order valence-corrected chi connectivity index (χ0v) is 26.2. The third kappa shape index (κ3) is 8.89. The number of hydrogen-bond acceptors (Lipinski definition) is 4. The largest absolute Gasteiger partial charge is 0.416 e. The molecule has 0 bridgehead atoms. The molecule has 1 N–H and O–H groups in total. The van der Waals surface area contributed by atoms with Crippen LogP contribution in [0, 0.1) is 0 Å². The molecule has 7 nitrogen and oxygen atoms in total. The highest BCUT2D eigenvalue weighted by atomic mass is 35.5. The summed E-state index contributed by atoms with van der Waals surface area (Å²) in [6.07, 6.45) is -0.319. The molecule has 44 heavy (non-hydrogen) atoms. The minimum Gasteiger partial charge on any atom is -0.352 e. The van der Waals surface area contributed by atoms with Gasteiger partial charge in [0.1, 0.15) is 12.6 Å². The molecule has 0 heterocycles. The van der Waals surface area contributed by atoms with Gasteiger partial charge in [-0.1, -0.05) is 78.5 Å². The van der Waals surface area contributed by atoms with Gasteiger partial charge in [-0.25, -0.2) is 8.42 Å². The van der Waals surface area contributed by atoms with E-state index < -0.39 is 46.2 Å². The average Bonchev–Trinajstić information content (AvgIpc) is 3.48. The number of rotatable bonds is 11. The first kappa shape index (κ1) is 33.6. The fraction of sp³-hybridized carbons (Fsp3) is 0.355. The Morgan fingerprint density at radius 1 is 0.932 bits per heavy atom. The topological polar surface area (TPSA) is 86.8 Å². The van der Waals surface area contributed by atoms with Crippen LogP contribution in [0.3, 0.4) is 0 Å². The van der Waals surface area contributed by atoms with E-state index in [9.17, 15) is 31.2 Å². The molecular formula is C31H32Cl2F3N3O4S. The second-order valence-electron chi connectivity index (χ2n) is 10.8. The van der Waals surface area contributed by atoms with Gasteiger partial charge in [0.15, 0.2) is 0 Å². The van der Waals surface area contributed by atoms with Crippen molar-refractivity contribution in [3.05, 3.63) is 99.5 Å². The number of carbonyl (C=O) groups is 2. The molecule has 1 aliphatic rings. The van der Waals surface area contributed by atoms with E-state index in [-0.39, 0.29) is 34.7 Å². The Bertz CT molecular complexity index is 1580. The van der Waals surface area contributed by atoms with Gasteiger partial charge in [0.2, 0.25) is 21.8 Å². The lowest BCUT2D eigenvalue weighted by atomic mass is 10.0. The normalized spacial score (nSPS) is 14.7. The molecule has 3 aromatic rings. The van der Waals surface area contributed by atoms with E-state index in [2.05, 4.69) is 5.32 Å². The van der Waals surface area contributed by atoms with Crippen LogP contribution in [0.25, 0.3) is 0 Å². The van der Waals surface area contributed by atoms with E-state index in [1.807, 2.05) is 18.2 Å². The Morgan fingerprint density at radius 2 is 1.61 bits per heavy atom. The number of amides is 2. The van der Waals surface area contributed by atoms with Crippen LogP contribution in [0.5, 0.6) is 0 Å². The second kappa shape index (κ2) is 14.2. The van der Waals surface area contributed by atoms with Crippen LogP contribution in [0.2, 0.25) is 10.0 Å². The lowest BCUT2D eigenvalue weighted by Gasteiger charge is -2.34. The number of nitrogens with zero attached hydrogens (tertiary/aromatic N) is 2. The molecule has 0 aromatic heterocycles. The van der Waals surface area contributed by atoms with Crippen LogP contribution in [0.15, 0.2) is 72.8 Å². The molecule has 3 aromatic carbocycles. The Kier molecular flexibility index (Phi) is 10.9. The SMILES string of the molecule is CS(=O)(=O)N(CC(=O)N(Cc1ccc(Cl)c(Cl)c1)C(Cc1ccccc1)C(=O)NC1CCCC1)c1cccc(C(F)(F)F)c1. The molecule has 13 heteroatoms. The first-order valence-electron chi connectivity index (χ1n) is 13.9. The zero-order chi connectivity index (χ0) is 32.1. The van der Waals surface area contributed by atoms with Crippen molar-refractivity contribution in [1.29, 1.82) is 0 Å². The molecule has 4 rings (SSSR count). The number of nitrogens with one attached hydrogen (secondary N) is 1. The summed E-state index contributed by atoms with van der Waals surface area (Å²) in [5.41, 5.74) is -0.129. The van der Waals surface area contributed by atoms with Gasteiger partial charge in [-0.05, 0) is 54.3 Å². The van der Waals surface area contributed by atoms with Gasteiger partial charge in [0.25, 0.3) is 0 Å². The number of sulfonamides is 1. The van der Waals surface area contributed by atoms with Crippen molar-refractivity contribution >= 4 is 50.7 Å². The van der Waals surface area contributed by atoms with Crippen molar-refractivity contribution in [2.24, 2.45) is 0 Å². The summed E-state index contributed by atoms with van der Waals surface area (Å²) >= 11 is 12.3. The van der Waals surface area contributed by atoms with E-state index >= 15 is 0 Å². The summed E-state index contributed by atoms with van der Waals surface area (Å²) < 4.78 is 66.8. The maximum Gasteiger partial charge on any atom is 0.416 e. The summed E-state index contributed by atoms with van der Waals surface area (Å²) in [7, 11) is -4.24. The quantitative estimate of drug-likeness (QED) is 0.253. The maximum absolute atomic E-state index is 14.1. The molecule has 1 aliphatic carbocycles. The van der Waals surface area contributed by atoms with E-state index in [4.69, 9.17) is 23.2 Å². The molecule has 1 unspecified atom stereocenters. The fourth-order valence-corrected chi connectivity index (χ4v) is 6.37. The Hall–Kier alpha value is -3.28. The monoisotopic (exact) mass is 669 g/mol. The molecule has 0 aliphatic heterocycles. The molecule has 1 saturated carbocycles. The molecule has 0 radical (unpaired) electrons. The Balaban J connectivity index is 1.76. The van der Waals surface area contributed by atoms with Crippen molar-refractivity contribution in [3.8, 4) is 0 Å². The summed E-state index contributed by atoms with van der Waals surface area (Å²) in [4.78, 5) is 29.3. The highest BCUT2D eigenvalue weighted by Crippen LogP contribution is 2.32. The minimum atomic E-state index is -4.73. The molecular weight excluding hydrogens is 638 g/mol. The maximum atomic E-state index is 14.1. The highest BCUT2D eigenvalue weighted by Gasteiger charge is 2.35. The van der Waals surface area contributed by atoms with Crippen LogP contribution in [-0.2, 0) is 38.8 Å². The third-order valence-electron chi connectivity index (χ3n) is 7.45. The van der Waals surface area contributed by atoms with Crippen molar-refractivity contribution in [2.45, 2.75) is 56.9 Å². The van der Waals surface area contributed by atoms with Gasteiger partial charge in [-0.3, -0.25) is 13.9 Å². The van der Waals surface area contributed by atoms with Gasteiger partial charge >= 0.3 is 6.18 Å². The van der Waals surface area contributed by atoms with Gasteiger partial charge in [0, 0.05) is 19.0 Å². The van der Waals surface area contributed by atoms with Gasteiger partial charge in [0.05, 0.1) is 27.6 Å². The number of hydrogen-bond donors (Lipinski definition) is 1. The molecule has 2 amide bonds. The van der Waals surface area contributed by atoms with Crippen molar-refractivity contribution in [3.63, 3.8) is 0 Å². The van der Waals surface area contributed by atoms with Crippen molar-refractivity contribution in [1.82, 2.24) is 10.2 Å². The number of carbonyl (C=O) groups excluding carboxylic acids is 2. The van der Waals surface area contributed by atoms with Crippen LogP contribution >= 0.6 is 23.2 Å². The molecule has 236 valence electrons. The van der Waals surface area contributed by atoms with Gasteiger partial charge < -0.3 is 10.2 Å². The third-order valence-corrected chi connectivity index (χ3v) is 9.33. The van der Waals surface area contributed by atoms with E-state index in [0.29, 0.717) is 15.9 Å². The van der Waals surface area contributed by atoms with Crippen LogP contribution in [-0.4, -0.2) is 50.0 Å². The summed E-state index contributed by atoms with van der Waals surface area (Å²) in [5, 5.41) is 3.54. The lowest BCUT2D eigenvalue weighted by Crippen LogP contribution is -2.54. The van der Waals surface area contributed by atoms with Crippen LogP contribution < -0.4 is 9.62 Å². The van der Waals surface area contributed by atoms with Gasteiger partial charge in [-0.2, -0.15) is 13.2 Å². The predicted octanol–water partition coefficient (Wildman–Crippen LogP) is 6.48. The van der Waals surface area contributed by atoms with Crippen LogP contribution in [0.4, 0.5) is 18.9 Å². The second-order valence-corrected chi connectivity index (χ2v) is 13.5. The molecule has 1 atom stereocenters. The number of anilines is 1. The number of halogens is 5. The standard InChI is InChI=1S/C31H32Cl2F3N3O4S/c1-44(42,43)39(25-13-7-10-23(18-25)31(34,35)36)20-29(40)38(19-22-14-15-26(32)27(33)16-22)28(17-21-8-3-2-4-9-21)30(41)37-24-11-5-6-12-24/h2-4,7-10,13-16,18,24,28H,5-6,11-12,17,19-20H2,1H3,(H,37,41). The first-order chi connectivity index (χ1) is 20.7. The number of benzene rings is 3. The summed E-state index contributed by atoms with van der Waals surface area (Å²) in [5.74, 6) is -1.21. The summed E-state index contributed by atoms with van der Waals surface area (Å²) in [6.45, 7) is -0.991. The van der Waals surface area contributed by atoms with E-state index in [1.165, 1.54) is 17.0 Å². The molecule has 0 spiro atoms. The highest BCUT2D eigenvalue weighted by molar-refractivity contribution is 7.92. The van der Waals surface area contributed by atoms with E-state index in [0.717, 1.165) is 49.6 Å². The Morgan fingerprint density at radius 3 is 2.23 bits per heavy atom.